The highest BCUT2D eigenvalue weighted by molar-refractivity contribution is 5.49. The van der Waals surface area contributed by atoms with E-state index in [4.69, 9.17) is 0 Å². The van der Waals surface area contributed by atoms with Crippen LogP contribution in [0, 0.1) is 6.92 Å². The molecular weight excluding hydrogens is 162 g/mol. The van der Waals surface area contributed by atoms with Gasteiger partial charge < -0.3 is 10.1 Å². The maximum atomic E-state index is 9.17. The minimum atomic E-state index is 0.639. The van der Waals surface area contributed by atoms with Gasteiger partial charge in [-0.15, -0.1) is 0 Å². The molecule has 2 heteroatoms. The summed E-state index contributed by atoms with van der Waals surface area (Å²) in [5.41, 5.74) is 2.50. The minimum Gasteiger partial charge on any atom is -0.388 e. The number of aldehydes is 1. The predicted octanol–water partition coefficient (Wildman–Crippen LogP) is 2.63. The number of carbonyl (C=O) groups is 1. The number of anilines is 1. The molecule has 0 bridgehead atoms. The highest BCUT2D eigenvalue weighted by atomic mass is 16.1. The van der Waals surface area contributed by atoms with E-state index in [0.29, 0.717) is 6.42 Å². The van der Waals surface area contributed by atoms with Gasteiger partial charge in [-0.2, -0.15) is 0 Å². The van der Waals surface area contributed by atoms with Crippen LogP contribution in [0.4, 0.5) is 5.69 Å². The first kappa shape index (κ1) is 11.7. The van der Waals surface area contributed by atoms with Gasteiger partial charge in [-0.3, -0.25) is 0 Å². The summed E-state index contributed by atoms with van der Waals surface area (Å²) in [5, 5.41) is 3.10. The van der Waals surface area contributed by atoms with Crippen LogP contribution in [0.5, 0.6) is 0 Å². The van der Waals surface area contributed by atoms with E-state index in [1.54, 1.807) is 0 Å². The standard InChI is InChI=1S/C8H11N.C3H6O/c1-7-5-3-4-6-8(7)9-2;1-2-3-4/h3-6,9H,1-2H3;3H,2H2,1H3. The first-order valence-electron chi connectivity index (χ1n) is 4.43. The Hall–Kier alpha value is -1.31. The number of hydrogen-bond donors (Lipinski definition) is 1. The predicted molar refractivity (Wildman–Crippen MR) is 57.1 cm³/mol. The Balaban J connectivity index is 0.000000310. The molecule has 0 radical (unpaired) electrons. The molecule has 0 aromatic heterocycles. The summed E-state index contributed by atoms with van der Waals surface area (Å²) in [4.78, 5) is 9.17. The maximum Gasteiger partial charge on any atom is 0.119 e. The van der Waals surface area contributed by atoms with E-state index in [1.165, 1.54) is 11.3 Å². The average molecular weight is 179 g/mol. The van der Waals surface area contributed by atoms with E-state index in [2.05, 4.69) is 24.4 Å². The van der Waals surface area contributed by atoms with Crippen LogP contribution in [0.1, 0.15) is 18.9 Å². The molecule has 13 heavy (non-hydrogen) atoms. The van der Waals surface area contributed by atoms with Crippen LogP contribution < -0.4 is 5.32 Å². The highest BCUT2D eigenvalue weighted by Gasteiger charge is 1.88. The Bertz CT molecular complexity index is 246. The lowest BCUT2D eigenvalue weighted by Crippen LogP contribution is -1.89. The molecule has 0 aliphatic rings. The summed E-state index contributed by atoms with van der Waals surface area (Å²) < 4.78 is 0. The first-order valence-corrected chi connectivity index (χ1v) is 4.43. The zero-order valence-corrected chi connectivity index (χ0v) is 8.50. The van der Waals surface area contributed by atoms with E-state index in [0.717, 1.165) is 6.29 Å². The topological polar surface area (TPSA) is 29.1 Å². The SMILES string of the molecule is CCC=O.CNc1ccccc1C. The van der Waals surface area contributed by atoms with Crippen LogP contribution in [0.25, 0.3) is 0 Å². The Morgan fingerprint density at radius 1 is 1.38 bits per heavy atom. The van der Waals surface area contributed by atoms with Crippen molar-refractivity contribution in [1.29, 1.82) is 0 Å². The Kier molecular flexibility index (Phi) is 6.60. The third-order valence-corrected chi connectivity index (χ3v) is 1.58. The summed E-state index contributed by atoms with van der Waals surface area (Å²) in [6, 6.07) is 8.22. The van der Waals surface area contributed by atoms with Crippen molar-refractivity contribution in [3.8, 4) is 0 Å². The van der Waals surface area contributed by atoms with Gasteiger partial charge in [0.25, 0.3) is 0 Å². The van der Waals surface area contributed by atoms with Crippen molar-refractivity contribution in [1.82, 2.24) is 0 Å². The van der Waals surface area contributed by atoms with Crippen molar-refractivity contribution in [2.75, 3.05) is 12.4 Å². The van der Waals surface area contributed by atoms with Gasteiger partial charge in [-0.05, 0) is 18.6 Å². The third-order valence-electron chi connectivity index (χ3n) is 1.58. The molecule has 1 aromatic carbocycles. The molecule has 0 spiro atoms. The second kappa shape index (κ2) is 7.35. The van der Waals surface area contributed by atoms with Gasteiger partial charge in [0.2, 0.25) is 0 Å². The second-order valence-electron chi connectivity index (χ2n) is 2.64. The number of aryl methyl sites for hydroxylation is 1. The van der Waals surface area contributed by atoms with E-state index < -0.39 is 0 Å². The van der Waals surface area contributed by atoms with Gasteiger partial charge in [0.1, 0.15) is 6.29 Å². The zero-order valence-electron chi connectivity index (χ0n) is 8.50. The summed E-state index contributed by atoms with van der Waals surface area (Å²) in [6.45, 7) is 3.90. The Labute approximate surface area is 80.0 Å². The van der Waals surface area contributed by atoms with Crippen LogP contribution in [-0.4, -0.2) is 13.3 Å². The molecule has 0 fully saturated rings. The average Bonchev–Trinajstić information content (AvgIpc) is 2.19. The summed E-state index contributed by atoms with van der Waals surface area (Å²) in [7, 11) is 1.93. The highest BCUT2D eigenvalue weighted by Crippen LogP contribution is 2.10. The maximum absolute atomic E-state index is 9.17. The van der Waals surface area contributed by atoms with Gasteiger partial charge >= 0.3 is 0 Å². The molecule has 0 saturated heterocycles. The number of rotatable bonds is 2. The molecular formula is C11H17NO. The zero-order chi connectivity index (χ0) is 10.1. The number of carbonyl (C=O) groups excluding carboxylic acids is 1. The normalized spacial score (nSPS) is 8.23. The number of benzene rings is 1. The first-order chi connectivity index (χ1) is 6.26. The van der Waals surface area contributed by atoms with Crippen LogP contribution in [0.2, 0.25) is 0 Å². The van der Waals surface area contributed by atoms with Crippen molar-refractivity contribution >= 4 is 12.0 Å². The summed E-state index contributed by atoms with van der Waals surface area (Å²) in [6.07, 6.45) is 1.51. The fourth-order valence-corrected chi connectivity index (χ4v) is 0.853. The van der Waals surface area contributed by atoms with Crippen molar-refractivity contribution in [2.24, 2.45) is 0 Å². The van der Waals surface area contributed by atoms with Crippen LogP contribution >= 0.6 is 0 Å². The molecule has 0 atom stereocenters. The molecule has 0 saturated carbocycles. The molecule has 0 aliphatic heterocycles. The third kappa shape index (κ3) is 5.01. The molecule has 1 aromatic rings. The Morgan fingerprint density at radius 2 is 1.92 bits per heavy atom. The van der Waals surface area contributed by atoms with Crippen molar-refractivity contribution < 1.29 is 4.79 Å². The molecule has 1 rings (SSSR count). The minimum absolute atomic E-state index is 0.639. The largest absolute Gasteiger partial charge is 0.388 e. The van der Waals surface area contributed by atoms with E-state index in [-0.39, 0.29) is 0 Å². The van der Waals surface area contributed by atoms with Crippen molar-refractivity contribution in [3.05, 3.63) is 29.8 Å². The van der Waals surface area contributed by atoms with Crippen LogP contribution in [0.3, 0.4) is 0 Å². The Morgan fingerprint density at radius 3 is 2.23 bits per heavy atom. The van der Waals surface area contributed by atoms with Gasteiger partial charge in [-0.1, -0.05) is 25.1 Å². The van der Waals surface area contributed by atoms with Gasteiger partial charge in [0, 0.05) is 19.2 Å². The fraction of sp³-hybridized carbons (Fsp3) is 0.364. The number of para-hydroxylation sites is 1. The van der Waals surface area contributed by atoms with Crippen LogP contribution in [-0.2, 0) is 4.79 Å². The van der Waals surface area contributed by atoms with Crippen molar-refractivity contribution in [2.45, 2.75) is 20.3 Å². The molecule has 0 amide bonds. The monoisotopic (exact) mass is 179 g/mol. The summed E-state index contributed by atoms with van der Waals surface area (Å²) >= 11 is 0. The lowest BCUT2D eigenvalue weighted by molar-refractivity contribution is -0.107. The van der Waals surface area contributed by atoms with Gasteiger partial charge in [-0.25, -0.2) is 0 Å². The van der Waals surface area contributed by atoms with Gasteiger partial charge in [0.05, 0.1) is 0 Å². The second-order valence-corrected chi connectivity index (χ2v) is 2.64. The number of nitrogens with one attached hydrogen (secondary N) is 1. The van der Waals surface area contributed by atoms with E-state index in [9.17, 15) is 4.79 Å². The number of hydrogen-bond acceptors (Lipinski definition) is 2. The molecule has 0 unspecified atom stereocenters. The lowest BCUT2D eigenvalue weighted by Gasteiger charge is -2.01. The lowest BCUT2D eigenvalue weighted by atomic mass is 10.2. The molecule has 2 nitrogen and oxygen atoms in total. The van der Waals surface area contributed by atoms with Gasteiger partial charge in [0.15, 0.2) is 0 Å². The fourth-order valence-electron chi connectivity index (χ4n) is 0.853. The molecule has 72 valence electrons. The molecule has 0 heterocycles. The van der Waals surface area contributed by atoms with E-state index in [1.807, 2.05) is 26.1 Å². The summed E-state index contributed by atoms with van der Waals surface area (Å²) in [5.74, 6) is 0. The van der Waals surface area contributed by atoms with Crippen molar-refractivity contribution in [3.63, 3.8) is 0 Å². The quantitative estimate of drug-likeness (QED) is 0.707. The smallest absolute Gasteiger partial charge is 0.119 e. The molecule has 0 aliphatic carbocycles. The molecule has 1 N–H and O–H groups in total. The van der Waals surface area contributed by atoms with E-state index >= 15 is 0 Å². The van der Waals surface area contributed by atoms with Crippen LogP contribution in [0.15, 0.2) is 24.3 Å².